The van der Waals surface area contributed by atoms with E-state index in [0.717, 1.165) is 6.20 Å². The fourth-order valence-corrected chi connectivity index (χ4v) is 2.10. The van der Waals surface area contributed by atoms with E-state index in [1.165, 1.54) is 4.90 Å². The molecule has 2 rings (SSSR count). The van der Waals surface area contributed by atoms with Crippen LogP contribution in [0.4, 0.5) is 16.2 Å². The maximum atomic E-state index is 13.9. The number of anilines is 2. The maximum absolute atomic E-state index is 13.9. The zero-order valence-electron chi connectivity index (χ0n) is 11.3. The van der Waals surface area contributed by atoms with Crippen LogP contribution in [-0.2, 0) is 9.59 Å². The van der Waals surface area contributed by atoms with E-state index in [1.54, 1.807) is 6.92 Å². The van der Waals surface area contributed by atoms with Crippen LogP contribution < -0.4 is 15.5 Å². The molecule has 1 fully saturated rings. The van der Waals surface area contributed by atoms with Gasteiger partial charge < -0.3 is 10.2 Å². The molecule has 20 heavy (non-hydrogen) atoms. The quantitative estimate of drug-likeness (QED) is 0.771. The van der Waals surface area contributed by atoms with Crippen LogP contribution >= 0.6 is 0 Å². The Kier molecular flexibility index (Phi) is 4.11. The Labute approximate surface area is 115 Å². The van der Waals surface area contributed by atoms with Crippen LogP contribution in [0.2, 0.25) is 0 Å². The first-order valence-corrected chi connectivity index (χ1v) is 6.43. The summed E-state index contributed by atoms with van der Waals surface area (Å²) in [7, 11) is 0. The van der Waals surface area contributed by atoms with Gasteiger partial charge in [0.15, 0.2) is 11.6 Å². The second-order valence-electron chi connectivity index (χ2n) is 4.36. The number of nitrogens with one attached hydrogen (secondary N) is 2. The number of aromatic nitrogens is 2. The van der Waals surface area contributed by atoms with Crippen LogP contribution in [-0.4, -0.2) is 40.9 Å². The second-order valence-corrected chi connectivity index (χ2v) is 4.36. The largest absolute Gasteiger partial charge is 0.354 e. The SMILES string of the molecule is CCNc1ncc(F)c(N2CC(=O)NC(=O)C2CC)n1. The van der Waals surface area contributed by atoms with Crippen molar-refractivity contribution in [3.8, 4) is 0 Å². The lowest BCUT2D eigenvalue weighted by Gasteiger charge is -2.34. The normalized spacial score (nSPS) is 18.9. The summed E-state index contributed by atoms with van der Waals surface area (Å²) < 4.78 is 13.9. The van der Waals surface area contributed by atoms with Gasteiger partial charge in [0.05, 0.1) is 12.7 Å². The minimum absolute atomic E-state index is 0.0361. The van der Waals surface area contributed by atoms with E-state index in [4.69, 9.17) is 0 Å². The van der Waals surface area contributed by atoms with Gasteiger partial charge in [0.2, 0.25) is 17.8 Å². The minimum atomic E-state index is -0.660. The Bertz CT molecular complexity index is 537. The van der Waals surface area contributed by atoms with Crippen LogP contribution in [0.1, 0.15) is 20.3 Å². The highest BCUT2D eigenvalue weighted by atomic mass is 19.1. The highest BCUT2D eigenvalue weighted by Crippen LogP contribution is 2.22. The Balaban J connectivity index is 2.38. The number of nitrogens with zero attached hydrogens (tertiary/aromatic N) is 3. The van der Waals surface area contributed by atoms with Gasteiger partial charge in [0, 0.05) is 6.54 Å². The van der Waals surface area contributed by atoms with E-state index in [-0.39, 0.29) is 18.3 Å². The molecule has 1 saturated heterocycles. The summed E-state index contributed by atoms with van der Waals surface area (Å²) in [4.78, 5) is 32.5. The third-order valence-electron chi connectivity index (χ3n) is 2.97. The molecule has 1 aromatic rings. The third-order valence-corrected chi connectivity index (χ3v) is 2.97. The summed E-state index contributed by atoms with van der Waals surface area (Å²) in [6.45, 7) is 4.13. The number of amides is 2. The molecule has 0 aromatic carbocycles. The average Bonchev–Trinajstić information content (AvgIpc) is 2.40. The summed E-state index contributed by atoms with van der Waals surface area (Å²) in [6, 6.07) is -0.619. The first-order chi connectivity index (χ1) is 9.56. The van der Waals surface area contributed by atoms with Crippen LogP contribution in [0.3, 0.4) is 0 Å². The predicted molar refractivity (Wildman–Crippen MR) is 70.7 cm³/mol. The van der Waals surface area contributed by atoms with E-state index in [1.807, 2.05) is 6.92 Å². The summed E-state index contributed by atoms with van der Waals surface area (Å²) in [5.74, 6) is -1.34. The number of hydrogen-bond donors (Lipinski definition) is 2. The molecule has 1 atom stereocenters. The first-order valence-electron chi connectivity index (χ1n) is 6.43. The molecule has 0 aliphatic carbocycles. The molecule has 0 bridgehead atoms. The van der Waals surface area contributed by atoms with Gasteiger partial charge in [-0.2, -0.15) is 4.98 Å². The van der Waals surface area contributed by atoms with Crippen molar-refractivity contribution in [2.24, 2.45) is 0 Å². The highest BCUT2D eigenvalue weighted by Gasteiger charge is 2.34. The molecule has 2 N–H and O–H groups in total. The molecular weight excluding hydrogens is 265 g/mol. The Morgan fingerprint density at radius 2 is 2.25 bits per heavy atom. The number of halogens is 1. The van der Waals surface area contributed by atoms with Crippen LogP contribution in [0.15, 0.2) is 6.20 Å². The smallest absolute Gasteiger partial charge is 0.249 e. The van der Waals surface area contributed by atoms with Crippen LogP contribution in [0, 0.1) is 5.82 Å². The van der Waals surface area contributed by atoms with Gasteiger partial charge >= 0.3 is 0 Å². The molecule has 1 aliphatic rings. The van der Waals surface area contributed by atoms with Crippen molar-refractivity contribution in [3.05, 3.63) is 12.0 Å². The van der Waals surface area contributed by atoms with E-state index >= 15 is 0 Å². The standard InChI is InChI=1S/C12H16FN5O2/c1-3-8-11(20)16-9(19)6-18(8)10-7(13)5-15-12(17-10)14-4-2/h5,8H,3-4,6H2,1-2H3,(H,14,15,17)(H,16,19,20). The molecular formula is C12H16FN5O2. The number of rotatable bonds is 4. The molecule has 0 saturated carbocycles. The Morgan fingerprint density at radius 1 is 1.50 bits per heavy atom. The predicted octanol–water partition coefficient (Wildman–Crippen LogP) is 0.289. The summed E-state index contributed by atoms with van der Waals surface area (Å²) >= 11 is 0. The number of piperazine rings is 1. The van der Waals surface area contributed by atoms with Crippen molar-refractivity contribution in [1.82, 2.24) is 15.3 Å². The lowest BCUT2D eigenvalue weighted by Crippen LogP contribution is -2.58. The topological polar surface area (TPSA) is 87.2 Å². The van der Waals surface area contributed by atoms with Gasteiger partial charge in [-0.15, -0.1) is 0 Å². The molecule has 0 radical (unpaired) electrons. The highest BCUT2D eigenvalue weighted by molar-refractivity contribution is 6.04. The number of hydrogen-bond acceptors (Lipinski definition) is 6. The van der Waals surface area contributed by atoms with E-state index < -0.39 is 23.7 Å². The fourth-order valence-electron chi connectivity index (χ4n) is 2.10. The number of carbonyl (C=O) groups is 2. The number of imide groups is 1. The van der Waals surface area contributed by atoms with Crippen molar-refractivity contribution in [2.45, 2.75) is 26.3 Å². The molecule has 1 unspecified atom stereocenters. The summed E-state index contributed by atoms with van der Waals surface area (Å²) in [6.07, 6.45) is 1.48. The summed E-state index contributed by atoms with van der Waals surface area (Å²) in [5.41, 5.74) is 0. The Hall–Kier alpha value is -2.25. The van der Waals surface area contributed by atoms with Gasteiger partial charge in [-0.05, 0) is 13.3 Å². The molecule has 1 aromatic heterocycles. The molecule has 7 nitrogen and oxygen atoms in total. The van der Waals surface area contributed by atoms with Crippen molar-refractivity contribution < 1.29 is 14.0 Å². The van der Waals surface area contributed by atoms with Gasteiger partial charge in [-0.1, -0.05) is 6.92 Å². The maximum Gasteiger partial charge on any atom is 0.249 e. The van der Waals surface area contributed by atoms with Gasteiger partial charge in [-0.3, -0.25) is 14.9 Å². The molecule has 108 valence electrons. The van der Waals surface area contributed by atoms with Gasteiger partial charge in [0.25, 0.3) is 0 Å². The fraction of sp³-hybridized carbons (Fsp3) is 0.500. The molecule has 0 spiro atoms. The van der Waals surface area contributed by atoms with E-state index in [2.05, 4.69) is 20.6 Å². The first kappa shape index (κ1) is 14.2. The molecule has 8 heteroatoms. The zero-order valence-corrected chi connectivity index (χ0v) is 11.3. The van der Waals surface area contributed by atoms with E-state index in [0.29, 0.717) is 13.0 Å². The monoisotopic (exact) mass is 281 g/mol. The van der Waals surface area contributed by atoms with Gasteiger partial charge in [-0.25, -0.2) is 9.37 Å². The third kappa shape index (κ3) is 2.68. The lowest BCUT2D eigenvalue weighted by molar-refractivity contribution is -0.132. The van der Waals surface area contributed by atoms with Gasteiger partial charge in [0.1, 0.15) is 6.04 Å². The zero-order chi connectivity index (χ0) is 14.7. The summed E-state index contributed by atoms with van der Waals surface area (Å²) in [5, 5.41) is 5.11. The average molecular weight is 281 g/mol. The minimum Gasteiger partial charge on any atom is -0.354 e. The van der Waals surface area contributed by atoms with Crippen LogP contribution in [0.5, 0.6) is 0 Å². The van der Waals surface area contributed by atoms with Crippen molar-refractivity contribution >= 4 is 23.6 Å². The Morgan fingerprint density at radius 3 is 2.90 bits per heavy atom. The van der Waals surface area contributed by atoms with Crippen LogP contribution in [0.25, 0.3) is 0 Å². The second kappa shape index (κ2) is 5.81. The van der Waals surface area contributed by atoms with E-state index in [9.17, 15) is 14.0 Å². The number of carbonyl (C=O) groups excluding carboxylic acids is 2. The molecule has 2 amide bonds. The van der Waals surface area contributed by atoms with Crippen molar-refractivity contribution in [1.29, 1.82) is 0 Å². The molecule has 2 heterocycles. The van der Waals surface area contributed by atoms with Crippen molar-refractivity contribution in [3.63, 3.8) is 0 Å². The van der Waals surface area contributed by atoms with Crippen molar-refractivity contribution in [2.75, 3.05) is 23.3 Å². The lowest BCUT2D eigenvalue weighted by atomic mass is 10.1. The molecule has 1 aliphatic heterocycles.